The summed E-state index contributed by atoms with van der Waals surface area (Å²) in [6.07, 6.45) is 6.52. The molecule has 0 bridgehead atoms. The second-order valence-corrected chi connectivity index (χ2v) is 6.29. The monoisotopic (exact) mass is 345 g/mol. The van der Waals surface area contributed by atoms with E-state index in [1.54, 1.807) is 0 Å². The van der Waals surface area contributed by atoms with Crippen LogP contribution in [0, 0.1) is 5.92 Å². The molecule has 3 N–H and O–H groups in total. The SMILES string of the molecule is Cl.[N-]=[N+]=N[C@H]1C[C@@H](C(=O)O)N(C(=O)C(N)CC2CCCCC2)C1. The van der Waals surface area contributed by atoms with Gasteiger partial charge in [-0.3, -0.25) is 4.79 Å². The van der Waals surface area contributed by atoms with Crippen molar-refractivity contribution >= 4 is 24.3 Å². The fraction of sp³-hybridized carbons (Fsp3) is 0.857. The van der Waals surface area contributed by atoms with Crippen molar-refractivity contribution in [3.63, 3.8) is 0 Å². The molecule has 9 heteroatoms. The van der Waals surface area contributed by atoms with E-state index in [0.717, 1.165) is 12.8 Å². The van der Waals surface area contributed by atoms with Gasteiger partial charge >= 0.3 is 5.97 Å². The molecule has 0 spiro atoms. The second-order valence-electron chi connectivity index (χ2n) is 6.29. The van der Waals surface area contributed by atoms with Gasteiger partial charge in [-0.25, -0.2) is 4.79 Å². The molecule has 130 valence electrons. The maximum Gasteiger partial charge on any atom is 0.326 e. The Labute approximate surface area is 141 Å². The molecule has 2 rings (SSSR count). The van der Waals surface area contributed by atoms with Crippen LogP contribution in [0.1, 0.15) is 44.9 Å². The van der Waals surface area contributed by atoms with Gasteiger partial charge in [-0.05, 0) is 24.3 Å². The van der Waals surface area contributed by atoms with Gasteiger partial charge in [0.15, 0.2) is 0 Å². The fourth-order valence-corrected chi connectivity index (χ4v) is 3.54. The lowest BCUT2D eigenvalue weighted by molar-refractivity contribution is -0.148. The molecular formula is C14H24ClN5O3. The summed E-state index contributed by atoms with van der Waals surface area (Å²) in [6.45, 7) is 0.137. The molecule has 0 aromatic heterocycles. The van der Waals surface area contributed by atoms with Crippen molar-refractivity contribution in [2.24, 2.45) is 16.8 Å². The normalized spacial score (nSPS) is 26.0. The van der Waals surface area contributed by atoms with E-state index >= 15 is 0 Å². The lowest BCUT2D eigenvalue weighted by atomic mass is 9.84. The van der Waals surface area contributed by atoms with Crippen molar-refractivity contribution in [1.82, 2.24) is 4.90 Å². The summed E-state index contributed by atoms with van der Waals surface area (Å²) in [6, 6.07) is -2.10. The summed E-state index contributed by atoms with van der Waals surface area (Å²) in [7, 11) is 0. The Kier molecular flexibility index (Phi) is 7.61. The first-order valence-corrected chi connectivity index (χ1v) is 7.86. The molecule has 3 atom stereocenters. The first kappa shape index (κ1) is 19.5. The molecular weight excluding hydrogens is 322 g/mol. The molecule has 1 heterocycles. The molecule has 0 aromatic carbocycles. The van der Waals surface area contributed by atoms with Crippen molar-refractivity contribution in [2.45, 2.75) is 63.1 Å². The quantitative estimate of drug-likeness (QED) is 0.448. The van der Waals surface area contributed by atoms with E-state index in [1.165, 1.54) is 24.2 Å². The predicted molar refractivity (Wildman–Crippen MR) is 87.1 cm³/mol. The van der Waals surface area contributed by atoms with Crippen LogP contribution in [-0.4, -0.2) is 46.6 Å². The third-order valence-corrected chi connectivity index (χ3v) is 4.69. The molecule has 8 nitrogen and oxygen atoms in total. The van der Waals surface area contributed by atoms with E-state index in [4.69, 9.17) is 11.3 Å². The largest absolute Gasteiger partial charge is 0.480 e. The highest BCUT2D eigenvalue weighted by Crippen LogP contribution is 2.28. The summed E-state index contributed by atoms with van der Waals surface area (Å²) in [4.78, 5) is 27.8. The average Bonchev–Trinajstić information content (AvgIpc) is 2.92. The number of aliphatic carboxylic acids is 1. The molecule has 1 amide bonds. The van der Waals surface area contributed by atoms with Crippen molar-refractivity contribution in [1.29, 1.82) is 0 Å². The number of azide groups is 1. The summed E-state index contributed by atoms with van der Waals surface area (Å²) >= 11 is 0. The lowest BCUT2D eigenvalue weighted by Crippen LogP contribution is -2.49. The van der Waals surface area contributed by atoms with Crippen LogP contribution < -0.4 is 5.73 Å². The number of likely N-dealkylation sites (tertiary alicyclic amines) is 1. The average molecular weight is 346 g/mol. The van der Waals surface area contributed by atoms with Crippen LogP contribution in [0.15, 0.2) is 5.11 Å². The van der Waals surface area contributed by atoms with Gasteiger partial charge in [-0.1, -0.05) is 37.2 Å². The van der Waals surface area contributed by atoms with E-state index < -0.39 is 24.1 Å². The van der Waals surface area contributed by atoms with Gasteiger partial charge in [0.1, 0.15) is 6.04 Å². The molecule has 1 aliphatic heterocycles. The van der Waals surface area contributed by atoms with Crippen LogP contribution in [0.25, 0.3) is 10.4 Å². The minimum absolute atomic E-state index is 0. The summed E-state index contributed by atoms with van der Waals surface area (Å²) in [5, 5.41) is 12.8. The number of carbonyl (C=O) groups is 2. The van der Waals surface area contributed by atoms with Crippen LogP contribution in [0.5, 0.6) is 0 Å². The minimum atomic E-state index is -1.08. The van der Waals surface area contributed by atoms with E-state index in [0.29, 0.717) is 12.3 Å². The van der Waals surface area contributed by atoms with Crippen LogP contribution in [0.4, 0.5) is 0 Å². The smallest absolute Gasteiger partial charge is 0.326 e. The lowest BCUT2D eigenvalue weighted by Gasteiger charge is -2.28. The zero-order valence-electron chi connectivity index (χ0n) is 13.0. The molecule has 1 unspecified atom stereocenters. The summed E-state index contributed by atoms with van der Waals surface area (Å²) in [5.41, 5.74) is 14.5. The standard InChI is InChI=1S/C14H23N5O3.ClH/c15-11(6-9-4-2-1-3-5-9)13(20)19-8-10(17-18-16)7-12(19)14(21)22;/h9-12H,1-8,15H2,(H,21,22);1H/t10-,11?,12-;/m0./s1. The fourth-order valence-electron chi connectivity index (χ4n) is 3.54. The maximum atomic E-state index is 12.5. The van der Waals surface area contributed by atoms with Gasteiger partial charge in [0.25, 0.3) is 0 Å². The number of carbonyl (C=O) groups excluding carboxylic acids is 1. The van der Waals surface area contributed by atoms with Crippen LogP contribution in [0.2, 0.25) is 0 Å². The molecule has 23 heavy (non-hydrogen) atoms. The van der Waals surface area contributed by atoms with E-state index in [2.05, 4.69) is 10.0 Å². The Balaban J connectivity index is 0.00000264. The topological polar surface area (TPSA) is 132 Å². The van der Waals surface area contributed by atoms with Gasteiger partial charge in [0, 0.05) is 11.5 Å². The molecule has 2 aliphatic rings. The zero-order chi connectivity index (χ0) is 16.1. The Morgan fingerprint density at radius 3 is 2.57 bits per heavy atom. The van der Waals surface area contributed by atoms with Gasteiger partial charge < -0.3 is 15.7 Å². The Bertz CT molecular complexity index is 477. The van der Waals surface area contributed by atoms with Crippen molar-refractivity contribution in [2.75, 3.05) is 6.54 Å². The van der Waals surface area contributed by atoms with E-state index in [1.807, 2.05) is 0 Å². The number of nitrogens with two attached hydrogens (primary N) is 1. The van der Waals surface area contributed by atoms with Crippen LogP contribution >= 0.6 is 12.4 Å². The van der Waals surface area contributed by atoms with Gasteiger partial charge in [0.05, 0.1) is 12.1 Å². The Morgan fingerprint density at radius 2 is 2.00 bits per heavy atom. The number of nitrogens with zero attached hydrogens (tertiary/aromatic N) is 4. The zero-order valence-corrected chi connectivity index (χ0v) is 13.8. The third kappa shape index (κ3) is 4.99. The minimum Gasteiger partial charge on any atom is -0.480 e. The second kappa shape index (κ2) is 8.96. The number of amides is 1. The first-order chi connectivity index (χ1) is 10.5. The third-order valence-electron chi connectivity index (χ3n) is 4.69. The summed E-state index contributed by atoms with van der Waals surface area (Å²) < 4.78 is 0. The van der Waals surface area contributed by atoms with Crippen molar-refractivity contribution < 1.29 is 14.7 Å². The number of carboxylic acids is 1. The van der Waals surface area contributed by atoms with Crippen molar-refractivity contribution in [3.05, 3.63) is 10.4 Å². The molecule has 1 aliphatic carbocycles. The highest BCUT2D eigenvalue weighted by atomic mass is 35.5. The van der Waals surface area contributed by atoms with Gasteiger partial charge in [0.2, 0.25) is 5.91 Å². The number of carboxylic acid groups (broad SMARTS) is 1. The Morgan fingerprint density at radius 1 is 1.35 bits per heavy atom. The molecule has 2 fully saturated rings. The predicted octanol–water partition coefficient (Wildman–Crippen LogP) is 2.07. The Hall–Kier alpha value is -1.50. The highest BCUT2D eigenvalue weighted by molar-refractivity contribution is 5.87. The molecule has 0 radical (unpaired) electrons. The maximum absolute atomic E-state index is 12.5. The van der Waals surface area contributed by atoms with Gasteiger partial charge in [-0.15, -0.1) is 12.4 Å². The first-order valence-electron chi connectivity index (χ1n) is 7.86. The van der Waals surface area contributed by atoms with Crippen LogP contribution in [-0.2, 0) is 9.59 Å². The highest BCUT2D eigenvalue weighted by Gasteiger charge is 2.41. The molecule has 1 saturated carbocycles. The number of hydrogen-bond acceptors (Lipinski definition) is 4. The number of halogens is 1. The molecule has 0 aromatic rings. The van der Waals surface area contributed by atoms with E-state index in [-0.39, 0.29) is 31.3 Å². The van der Waals surface area contributed by atoms with E-state index in [9.17, 15) is 14.7 Å². The van der Waals surface area contributed by atoms with Crippen molar-refractivity contribution in [3.8, 4) is 0 Å². The van der Waals surface area contributed by atoms with Crippen LogP contribution in [0.3, 0.4) is 0 Å². The number of rotatable bonds is 5. The summed E-state index contributed by atoms with van der Waals surface area (Å²) in [5.74, 6) is -0.964. The van der Waals surface area contributed by atoms with Gasteiger partial charge in [-0.2, -0.15) is 0 Å². The number of hydrogen-bond donors (Lipinski definition) is 2. The molecule has 1 saturated heterocycles.